The minimum Gasteiger partial charge on any atom is -0.465 e. The number of allylic oxidation sites excluding steroid dienone is 1. The maximum Gasteiger partial charge on any atom is 0.302 e. The Hall–Kier alpha value is -2.07. The number of esters is 1. The molecule has 3 saturated heterocycles. The summed E-state index contributed by atoms with van der Waals surface area (Å²) in [7, 11) is 2.22. The van der Waals surface area contributed by atoms with Crippen LogP contribution in [0.2, 0.25) is 0 Å². The summed E-state index contributed by atoms with van der Waals surface area (Å²) in [6.07, 6.45) is 4.49. The van der Waals surface area contributed by atoms with E-state index in [9.17, 15) is 4.79 Å². The molecule has 136 valence electrons. The number of aryl methyl sites for hydroxylation is 1. The summed E-state index contributed by atoms with van der Waals surface area (Å²) < 4.78 is 7.92. The molecule has 0 spiro atoms. The first-order valence-corrected chi connectivity index (χ1v) is 9.70. The Morgan fingerprint density at radius 1 is 1.35 bits per heavy atom. The number of ether oxygens (including phenoxy) is 1. The highest BCUT2D eigenvalue weighted by molar-refractivity contribution is 5.86. The van der Waals surface area contributed by atoms with E-state index in [4.69, 9.17) is 4.74 Å². The second-order valence-electron chi connectivity index (χ2n) is 8.07. The number of aromatic nitrogens is 1. The lowest BCUT2D eigenvalue weighted by atomic mass is 9.64. The van der Waals surface area contributed by atoms with Crippen LogP contribution >= 0.6 is 0 Å². The molecule has 0 aliphatic carbocycles. The van der Waals surface area contributed by atoms with Crippen molar-refractivity contribution in [2.24, 2.45) is 18.9 Å². The zero-order valence-electron chi connectivity index (χ0n) is 15.7. The predicted octanol–water partition coefficient (Wildman–Crippen LogP) is 3.61. The molecule has 4 nitrogen and oxygen atoms in total. The second kappa shape index (κ2) is 5.71. The van der Waals surface area contributed by atoms with Gasteiger partial charge in [0.2, 0.25) is 0 Å². The highest BCUT2D eigenvalue weighted by atomic mass is 16.5. The Morgan fingerprint density at radius 3 is 2.92 bits per heavy atom. The number of carbonyl (C=O) groups is 1. The van der Waals surface area contributed by atoms with E-state index < -0.39 is 0 Å². The normalized spacial score (nSPS) is 33.5. The second-order valence-corrected chi connectivity index (χ2v) is 8.07. The fourth-order valence-corrected chi connectivity index (χ4v) is 5.90. The summed E-state index contributed by atoms with van der Waals surface area (Å²) in [4.78, 5) is 14.1. The number of fused-ring (bicyclic) bond motifs is 4. The molecule has 0 N–H and O–H groups in total. The number of carbonyl (C=O) groups excluding carboxylic acids is 1. The summed E-state index contributed by atoms with van der Waals surface area (Å²) in [5.41, 5.74) is 5.89. The molecule has 0 saturated carbocycles. The molecule has 4 aliphatic rings. The van der Waals surface area contributed by atoms with Crippen molar-refractivity contribution in [3.63, 3.8) is 0 Å². The summed E-state index contributed by atoms with van der Waals surface area (Å²) in [5.74, 6) is 0.773. The Labute approximate surface area is 154 Å². The maximum atomic E-state index is 11.4. The van der Waals surface area contributed by atoms with Crippen LogP contribution in [-0.2, 0) is 23.0 Å². The van der Waals surface area contributed by atoms with E-state index >= 15 is 0 Å². The number of para-hydroxylation sites is 1. The number of nitrogens with zero attached hydrogens (tertiary/aromatic N) is 2. The van der Waals surface area contributed by atoms with Crippen molar-refractivity contribution in [1.82, 2.24) is 9.47 Å². The van der Waals surface area contributed by atoms with Crippen LogP contribution in [-0.4, -0.2) is 34.6 Å². The third kappa shape index (κ3) is 2.08. The van der Waals surface area contributed by atoms with E-state index in [0.29, 0.717) is 30.5 Å². The molecule has 1 aromatic carbocycles. The number of benzene rings is 1. The summed E-state index contributed by atoms with van der Waals surface area (Å²) in [6.45, 7) is 5.28. The fraction of sp³-hybridized carbons (Fsp3) is 0.500. The monoisotopic (exact) mass is 350 g/mol. The van der Waals surface area contributed by atoms with Crippen LogP contribution < -0.4 is 0 Å². The topological polar surface area (TPSA) is 34.5 Å². The summed E-state index contributed by atoms with van der Waals surface area (Å²) >= 11 is 0. The van der Waals surface area contributed by atoms with Crippen LogP contribution in [0.5, 0.6) is 0 Å². The first kappa shape index (κ1) is 16.1. The Morgan fingerprint density at radius 2 is 2.15 bits per heavy atom. The van der Waals surface area contributed by atoms with Gasteiger partial charge in [-0.1, -0.05) is 29.8 Å². The van der Waals surface area contributed by atoms with E-state index in [1.165, 1.54) is 34.7 Å². The minimum atomic E-state index is -0.165. The molecule has 5 atom stereocenters. The van der Waals surface area contributed by atoms with Gasteiger partial charge in [-0.15, -0.1) is 0 Å². The summed E-state index contributed by atoms with van der Waals surface area (Å²) in [6, 6.07) is 9.74. The van der Waals surface area contributed by atoms with Crippen molar-refractivity contribution >= 4 is 16.9 Å². The van der Waals surface area contributed by atoms with Gasteiger partial charge in [-0.3, -0.25) is 9.69 Å². The molecular formula is C22H26N2O2. The molecule has 4 aliphatic heterocycles. The van der Waals surface area contributed by atoms with Crippen molar-refractivity contribution < 1.29 is 9.53 Å². The van der Waals surface area contributed by atoms with Crippen molar-refractivity contribution in [2.75, 3.05) is 13.2 Å². The lowest BCUT2D eigenvalue weighted by Gasteiger charge is -2.58. The molecule has 3 fully saturated rings. The van der Waals surface area contributed by atoms with Gasteiger partial charge in [0, 0.05) is 49.1 Å². The third-order valence-electron chi connectivity index (χ3n) is 7.00. The highest BCUT2D eigenvalue weighted by Crippen LogP contribution is 2.54. The van der Waals surface area contributed by atoms with Gasteiger partial charge in [-0.05, 0) is 37.3 Å². The van der Waals surface area contributed by atoms with Gasteiger partial charge in [-0.25, -0.2) is 0 Å². The Bertz CT molecular complexity index is 926. The van der Waals surface area contributed by atoms with Gasteiger partial charge in [0.1, 0.15) is 0 Å². The largest absolute Gasteiger partial charge is 0.465 e. The molecule has 0 amide bonds. The molecular weight excluding hydrogens is 324 g/mol. The third-order valence-corrected chi connectivity index (χ3v) is 7.00. The van der Waals surface area contributed by atoms with Crippen LogP contribution in [0.15, 0.2) is 35.9 Å². The van der Waals surface area contributed by atoms with E-state index in [2.05, 4.69) is 53.8 Å². The number of piperidine rings is 3. The standard InChI is InChI=1S/C22H26N2O2/c1-4-14-11-24-20-10-17-15-7-5-6-8-19(15)23(3)22(17)21(24)9-16(14)18(20)12-26-13(2)25/h4-8,16,18,20-21H,9-12H2,1-3H3/t16-,18-,20-,21-/m0/s1. The zero-order chi connectivity index (χ0) is 18.0. The van der Waals surface area contributed by atoms with Gasteiger partial charge in [0.15, 0.2) is 0 Å². The van der Waals surface area contributed by atoms with Crippen molar-refractivity contribution in [2.45, 2.75) is 38.8 Å². The van der Waals surface area contributed by atoms with Gasteiger partial charge in [0.25, 0.3) is 0 Å². The van der Waals surface area contributed by atoms with E-state index in [1.54, 1.807) is 0 Å². The average Bonchev–Trinajstić information content (AvgIpc) is 2.93. The number of hydrogen-bond acceptors (Lipinski definition) is 3. The minimum absolute atomic E-state index is 0.165. The lowest BCUT2D eigenvalue weighted by Crippen LogP contribution is -2.61. The Kier molecular flexibility index (Phi) is 3.54. The van der Waals surface area contributed by atoms with Crippen molar-refractivity contribution in [3.8, 4) is 0 Å². The van der Waals surface area contributed by atoms with Gasteiger partial charge >= 0.3 is 5.97 Å². The molecule has 6 rings (SSSR count). The lowest BCUT2D eigenvalue weighted by molar-refractivity contribution is -0.146. The van der Waals surface area contributed by atoms with Crippen molar-refractivity contribution in [1.29, 1.82) is 0 Å². The van der Waals surface area contributed by atoms with Crippen molar-refractivity contribution in [3.05, 3.63) is 47.2 Å². The van der Waals surface area contributed by atoms with Crippen LogP contribution in [0.25, 0.3) is 10.9 Å². The SMILES string of the molecule is CC=C1CN2[C@H]3C[C@@H]1[C@H](COC(C)=O)[C@@H]2Cc1c3n(C)c2ccccc12. The first-order valence-electron chi connectivity index (χ1n) is 9.70. The van der Waals surface area contributed by atoms with E-state index in [1.807, 2.05) is 0 Å². The van der Waals surface area contributed by atoms with Gasteiger partial charge in [-0.2, -0.15) is 0 Å². The molecule has 4 heteroatoms. The molecule has 2 aromatic rings. The fourth-order valence-electron chi connectivity index (χ4n) is 5.90. The molecule has 0 radical (unpaired) electrons. The molecule has 26 heavy (non-hydrogen) atoms. The van der Waals surface area contributed by atoms with E-state index in [0.717, 1.165) is 19.4 Å². The molecule has 1 unspecified atom stereocenters. The molecule has 4 bridgehead atoms. The van der Waals surface area contributed by atoms with Crippen LogP contribution in [0.1, 0.15) is 37.6 Å². The molecule has 1 aromatic heterocycles. The average molecular weight is 350 g/mol. The smallest absolute Gasteiger partial charge is 0.302 e. The Balaban J connectivity index is 1.62. The van der Waals surface area contributed by atoms with E-state index in [-0.39, 0.29) is 5.97 Å². The first-order chi connectivity index (χ1) is 12.6. The quantitative estimate of drug-likeness (QED) is 0.613. The van der Waals surface area contributed by atoms with Crippen LogP contribution in [0.4, 0.5) is 0 Å². The molecule has 5 heterocycles. The predicted molar refractivity (Wildman–Crippen MR) is 102 cm³/mol. The van der Waals surface area contributed by atoms with Crippen LogP contribution in [0.3, 0.4) is 0 Å². The number of hydrogen-bond donors (Lipinski definition) is 0. The summed E-state index contributed by atoms with van der Waals surface area (Å²) in [5, 5.41) is 1.40. The zero-order valence-corrected chi connectivity index (χ0v) is 15.7. The van der Waals surface area contributed by atoms with Crippen LogP contribution in [0, 0.1) is 11.8 Å². The maximum absolute atomic E-state index is 11.4. The van der Waals surface area contributed by atoms with Gasteiger partial charge < -0.3 is 9.30 Å². The van der Waals surface area contributed by atoms with Gasteiger partial charge in [0.05, 0.1) is 12.6 Å². The highest BCUT2D eigenvalue weighted by Gasteiger charge is 2.53. The number of rotatable bonds is 2.